The molecule has 1 heterocycles. The predicted octanol–water partition coefficient (Wildman–Crippen LogP) is 1.17. The fourth-order valence-corrected chi connectivity index (χ4v) is 2.32. The fraction of sp³-hybridized carbons (Fsp3) is 0.538. The average molecular weight is 236 g/mol. The third-order valence-corrected chi connectivity index (χ3v) is 3.19. The fourth-order valence-electron chi connectivity index (χ4n) is 2.32. The van der Waals surface area contributed by atoms with Crippen LogP contribution in [0.15, 0.2) is 24.3 Å². The largest absolute Gasteiger partial charge is 0.383 e. The van der Waals surface area contributed by atoms with E-state index < -0.39 is 0 Å². The number of fused-ring (bicyclic) bond motifs is 1. The van der Waals surface area contributed by atoms with Gasteiger partial charge in [0.2, 0.25) is 0 Å². The third-order valence-electron chi connectivity index (χ3n) is 3.19. The van der Waals surface area contributed by atoms with Gasteiger partial charge in [0.05, 0.1) is 19.3 Å². The molecular weight excluding hydrogens is 216 g/mol. The molecule has 0 spiro atoms. The molecule has 2 atom stereocenters. The maximum absolute atomic E-state index is 5.83. The Morgan fingerprint density at radius 3 is 3.12 bits per heavy atom. The highest BCUT2D eigenvalue weighted by Crippen LogP contribution is 2.30. The van der Waals surface area contributed by atoms with Crippen molar-refractivity contribution in [2.75, 3.05) is 20.3 Å². The van der Waals surface area contributed by atoms with Crippen LogP contribution in [0.1, 0.15) is 23.7 Å². The molecule has 4 nitrogen and oxygen atoms in total. The second-order valence-corrected chi connectivity index (χ2v) is 4.36. The Kier molecular flexibility index (Phi) is 4.50. The van der Waals surface area contributed by atoms with Gasteiger partial charge in [0, 0.05) is 13.2 Å². The van der Waals surface area contributed by atoms with Crippen LogP contribution in [0.3, 0.4) is 0 Å². The van der Waals surface area contributed by atoms with Crippen molar-refractivity contribution in [2.24, 2.45) is 5.84 Å². The first kappa shape index (κ1) is 12.5. The Balaban J connectivity index is 2.07. The summed E-state index contributed by atoms with van der Waals surface area (Å²) in [5.41, 5.74) is 5.45. The van der Waals surface area contributed by atoms with Gasteiger partial charge in [-0.15, -0.1) is 0 Å². The zero-order chi connectivity index (χ0) is 12.1. The number of hydrogen-bond acceptors (Lipinski definition) is 4. The van der Waals surface area contributed by atoms with Crippen LogP contribution in [0, 0.1) is 0 Å². The van der Waals surface area contributed by atoms with E-state index in [1.165, 1.54) is 11.1 Å². The number of nitrogens with two attached hydrogens (primary N) is 1. The van der Waals surface area contributed by atoms with Gasteiger partial charge in [0.1, 0.15) is 0 Å². The molecule has 1 aliphatic heterocycles. The van der Waals surface area contributed by atoms with Crippen LogP contribution >= 0.6 is 0 Å². The van der Waals surface area contributed by atoms with E-state index in [0.717, 1.165) is 19.4 Å². The van der Waals surface area contributed by atoms with E-state index in [1.807, 2.05) is 0 Å². The first-order valence-electron chi connectivity index (χ1n) is 5.99. The highest BCUT2D eigenvalue weighted by atomic mass is 16.5. The number of hydrazine groups is 1. The Morgan fingerprint density at radius 1 is 1.53 bits per heavy atom. The second-order valence-electron chi connectivity index (χ2n) is 4.36. The minimum atomic E-state index is 0.121. The summed E-state index contributed by atoms with van der Waals surface area (Å²) in [6.45, 7) is 1.38. The highest BCUT2D eigenvalue weighted by molar-refractivity contribution is 5.30. The number of rotatable bonds is 5. The Morgan fingerprint density at radius 2 is 2.35 bits per heavy atom. The van der Waals surface area contributed by atoms with Gasteiger partial charge in [0.15, 0.2) is 0 Å². The van der Waals surface area contributed by atoms with Gasteiger partial charge in [-0.3, -0.25) is 11.3 Å². The molecule has 0 saturated carbocycles. The summed E-state index contributed by atoms with van der Waals surface area (Å²) in [4.78, 5) is 0. The molecule has 0 amide bonds. The summed E-state index contributed by atoms with van der Waals surface area (Å²) in [6, 6.07) is 8.57. The zero-order valence-electron chi connectivity index (χ0n) is 10.2. The lowest BCUT2D eigenvalue weighted by Crippen LogP contribution is -2.40. The quantitative estimate of drug-likeness (QED) is 0.595. The molecule has 2 unspecified atom stereocenters. The summed E-state index contributed by atoms with van der Waals surface area (Å²) >= 11 is 0. The van der Waals surface area contributed by atoms with Crippen LogP contribution in [0.5, 0.6) is 0 Å². The lowest BCUT2D eigenvalue weighted by molar-refractivity contribution is 0.0213. The van der Waals surface area contributed by atoms with Gasteiger partial charge in [-0.2, -0.15) is 0 Å². The number of nitrogens with one attached hydrogen (secondary N) is 1. The first-order valence-corrected chi connectivity index (χ1v) is 5.99. The van der Waals surface area contributed by atoms with Crippen molar-refractivity contribution in [3.05, 3.63) is 35.4 Å². The number of hydrogen-bond donors (Lipinski definition) is 2. The molecule has 4 heteroatoms. The van der Waals surface area contributed by atoms with E-state index in [1.54, 1.807) is 7.11 Å². The molecular formula is C13H20N2O2. The minimum Gasteiger partial charge on any atom is -0.383 e. The molecule has 94 valence electrons. The summed E-state index contributed by atoms with van der Waals surface area (Å²) in [6.07, 6.45) is 1.95. The summed E-state index contributed by atoms with van der Waals surface area (Å²) in [5.74, 6) is 5.51. The smallest absolute Gasteiger partial charge is 0.0844 e. The molecule has 1 aromatic rings. The third kappa shape index (κ3) is 3.04. The van der Waals surface area contributed by atoms with Crippen LogP contribution in [-0.2, 0) is 15.9 Å². The lowest BCUT2D eigenvalue weighted by atomic mass is 9.94. The number of ether oxygens (including phenoxy) is 2. The summed E-state index contributed by atoms with van der Waals surface area (Å²) < 4.78 is 11.0. The van der Waals surface area contributed by atoms with Gasteiger partial charge >= 0.3 is 0 Å². The molecule has 0 aromatic heterocycles. The lowest BCUT2D eigenvalue weighted by Gasteiger charge is -2.28. The normalized spacial score (nSPS) is 20.9. The molecule has 0 fully saturated rings. The van der Waals surface area contributed by atoms with Gasteiger partial charge in [0.25, 0.3) is 0 Å². The van der Waals surface area contributed by atoms with Crippen LogP contribution in [0.4, 0.5) is 0 Å². The molecule has 1 aliphatic rings. The molecule has 0 aliphatic carbocycles. The van der Waals surface area contributed by atoms with Gasteiger partial charge < -0.3 is 9.47 Å². The Hall–Kier alpha value is -0.940. The summed E-state index contributed by atoms with van der Waals surface area (Å²) in [5, 5.41) is 0. The van der Waals surface area contributed by atoms with Crippen molar-refractivity contribution in [1.82, 2.24) is 5.43 Å². The van der Waals surface area contributed by atoms with E-state index >= 15 is 0 Å². The second kappa shape index (κ2) is 6.12. The molecule has 2 rings (SSSR count). The topological polar surface area (TPSA) is 56.5 Å². The standard InChI is InChI=1S/C13H20N2O2/c1-16-9-11(15-14)8-13-12-5-3-2-4-10(12)6-7-17-13/h2-5,11,13,15H,6-9,14H2,1H3. The molecule has 0 radical (unpaired) electrons. The molecule has 0 saturated heterocycles. The number of benzene rings is 1. The van der Waals surface area contributed by atoms with Crippen molar-refractivity contribution in [2.45, 2.75) is 25.0 Å². The monoisotopic (exact) mass is 236 g/mol. The molecule has 17 heavy (non-hydrogen) atoms. The molecule has 3 N–H and O–H groups in total. The number of methoxy groups -OCH3 is 1. The maximum Gasteiger partial charge on any atom is 0.0844 e. The zero-order valence-corrected chi connectivity index (χ0v) is 10.2. The van der Waals surface area contributed by atoms with Crippen molar-refractivity contribution in [3.63, 3.8) is 0 Å². The Labute approximate surface area is 102 Å². The van der Waals surface area contributed by atoms with Crippen molar-refractivity contribution in [1.29, 1.82) is 0 Å². The maximum atomic E-state index is 5.83. The van der Waals surface area contributed by atoms with Crippen LogP contribution in [-0.4, -0.2) is 26.4 Å². The van der Waals surface area contributed by atoms with E-state index in [2.05, 4.69) is 29.7 Å². The predicted molar refractivity (Wildman–Crippen MR) is 66.4 cm³/mol. The first-order chi connectivity index (χ1) is 8.35. The van der Waals surface area contributed by atoms with Crippen LogP contribution < -0.4 is 11.3 Å². The van der Waals surface area contributed by atoms with Gasteiger partial charge in [-0.25, -0.2) is 0 Å². The summed E-state index contributed by atoms with van der Waals surface area (Å²) in [7, 11) is 1.68. The van der Waals surface area contributed by atoms with E-state index in [-0.39, 0.29) is 12.1 Å². The van der Waals surface area contributed by atoms with Crippen LogP contribution in [0.25, 0.3) is 0 Å². The molecule has 1 aromatic carbocycles. The minimum absolute atomic E-state index is 0.121. The SMILES string of the molecule is COCC(CC1OCCc2ccccc21)NN. The molecule has 0 bridgehead atoms. The van der Waals surface area contributed by atoms with Crippen molar-refractivity contribution >= 4 is 0 Å². The van der Waals surface area contributed by atoms with Crippen molar-refractivity contribution < 1.29 is 9.47 Å². The van der Waals surface area contributed by atoms with E-state index in [9.17, 15) is 0 Å². The van der Waals surface area contributed by atoms with E-state index in [4.69, 9.17) is 15.3 Å². The van der Waals surface area contributed by atoms with Crippen LogP contribution in [0.2, 0.25) is 0 Å². The van der Waals surface area contributed by atoms with Gasteiger partial charge in [-0.1, -0.05) is 24.3 Å². The Bertz CT molecular complexity index is 357. The van der Waals surface area contributed by atoms with E-state index in [0.29, 0.717) is 6.61 Å². The average Bonchev–Trinajstić information content (AvgIpc) is 2.38. The van der Waals surface area contributed by atoms with Gasteiger partial charge in [-0.05, 0) is 24.0 Å². The van der Waals surface area contributed by atoms with Crippen molar-refractivity contribution in [3.8, 4) is 0 Å². The highest BCUT2D eigenvalue weighted by Gasteiger charge is 2.23.